The molecule has 0 amide bonds. The van der Waals surface area contributed by atoms with Crippen molar-refractivity contribution in [1.82, 2.24) is 0 Å². The second-order valence-corrected chi connectivity index (χ2v) is 6.01. The molecule has 2 rings (SSSR count). The molecule has 0 bridgehead atoms. The zero-order valence-corrected chi connectivity index (χ0v) is 11.2. The standard InChI is InChI=1S/C14H13FO3S/c1-18-14-5-3-2-4-11(14)10-19(16,17)13-8-6-12(15)7-9-13/h2-9H,10H2,1H3. The Balaban J connectivity index is 2.34. The van der Waals surface area contributed by atoms with Crippen molar-refractivity contribution >= 4 is 9.84 Å². The number of methoxy groups -OCH3 is 1. The maximum absolute atomic E-state index is 12.8. The van der Waals surface area contributed by atoms with Gasteiger partial charge in [-0.15, -0.1) is 0 Å². The van der Waals surface area contributed by atoms with E-state index in [0.29, 0.717) is 11.3 Å². The van der Waals surface area contributed by atoms with Gasteiger partial charge in [0, 0.05) is 5.56 Å². The van der Waals surface area contributed by atoms with E-state index in [1.165, 1.54) is 19.2 Å². The minimum Gasteiger partial charge on any atom is -0.496 e. The Morgan fingerprint density at radius 3 is 2.32 bits per heavy atom. The average molecular weight is 280 g/mol. The molecule has 0 aromatic heterocycles. The Bertz CT molecular complexity index is 663. The van der Waals surface area contributed by atoms with Crippen LogP contribution in [0.1, 0.15) is 5.56 Å². The summed E-state index contributed by atoms with van der Waals surface area (Å²) in [6, 6.07) is 11.7. The fourth-order valence-corrected chi connectivity index (χ4v) is 3.12. The summed E-state index contributed by atoms with van der Waals surface area (Å²) < 4.78 is 42.3. The van der Waals surface area contributed by atoms with Crippen LogP contribution in [-0.4, -0.2) is 15.5 Å². The van der Waals surface area contributed by atoms with E-state index in [9.17, 15) is 12.8 Å². The molecule has 0 aliphatic rings. The SMILES string of the molecule is COc1ccccc1CS(=O)(=O)c1ccc(F)cc1. The van der Waals surface area contributed by atoms with Gasteiger partial charge in [0.15, 0.2) is 9.84 Å². The number of ether oxygens (including phenoxy) is 1. The number of benzene rings is 2. The van der Waals surface area contributed by atoms with E-state index in [1.807, 2.05) is 0 Å². The van der Waals surface area contributed by atoms with Crippen molar-refractivity contribution < 1.29 is 17.5 Å². The number of hydrogen-bond donors (Lipinski definition) is 0. The van der Waals surface area contributed by atoms with Crippen molar-refractivity contribution in [1.29, 1.82) is 0 Å². The van der Waals surface area contributed by atoms with Crippen molar-refractivity contribution in [3.8, 4) is 5.75 Å². The normalized spacial score (nSPS) is 11.3. The number of rotatable bonds is 4. The summed E-state index contributed by atoms with van der Waals surface area (Å²) in [5.41, 5.74) is 0.578. The Labute approximate surface area is 111 Å². The monoisotopic (exact) mass is 280 g/mol. The second-order valence-electron chi connectivity index (χ2n) is 4.02. The molecule has 19 heavy (non-hydrogen) atoms. The van der Waals surface area contributed by atoms with Gasteiger partial charge in [-0.2, -0.15) is 0 Å². The van der Waals surface area contributed by atoms with Crippen LogP contribution in [0.3, 0.4) is 0 Å². The van der Waals surface area contributed by atoms with Crippen molar-refractivity contribution in [3.05, 3.63) is 59.9 Å². The second kappa shape index (κ2) is 5.40. The Kier molecular flexibility index (Phi) is 3.85. The molecule has 0 aliphatic heterocycles. The fourth-order valence-electron chi connectivity index (χ4n) is 1.75. The molecule has 0 saturated carbocycles. The van der Waals surface area contributed by atoms with E-state index in [2.05, 4.69) is 0 Å². The first-order valence-electron chi connectivity index (χ1n) is 5.63. The van der Waals surface area contributed by atoms with Crippen molar-refractivity contribution in [2.75, 3.05) is 7.11 Å². The van der Waals surface area contributed by atoms with Crippen LogP contribution in [0.4, 0.5) is 4.39 Å². The smallest absolute Gasteiger partial charge is 0.182 e. The highest BCUT2D eigenvalue weighted by molar-refractivity contribution is 7.90. The maximum Gasteiger partial charge on any atom is 0.182 e. The Morgan fingerprint density at radius 2 is 1.68 bits per heavy atom. The molecule has 3 nitrogen and oxygen atoms in total. The molecule has 0 fully saturated rings. The lowest BCUT2D eigenvalue weighted by atomic mass is 10.2. The van der Waals surface area contributed by atoms with Gasteiger partial charge in [-0.3, -0.25) is 0 Å². The first-order chi connectivity index (χ1) is 9.03. The third-order valence-corrected chi connectivity index (χ3v) is 4.39. The van der Waals surface area contributed by atoms with Crippen LogP contribution in [0.2, 0.25) is 0 Å². The molecule has 0 heterocycles. The molecular weight excluding hydrogens is 267 g/mol. The zero-order valence-electron chi connectivity index (χ0n) is 10.3. The molecule has 0 unspecified atom stereocenters. The molecular formula is C14H13FO3S. The lowest BCUT2D eigenvalue weighted by Gasteiger charge is -2.09. The summed E-state index contributed by atoms with van der Waals surface area (Å²) in [4.78, 5) is 0.0970. The summed E-state index contributed by atoms with van der Waals surface area (Å²) in [6.45, 7) is 0. The molecule has 5 heteroatoms. The Morgan fingerprint density at radius 1 is 1.05 bits per heavy atom. The van der Waals surface area contributed by atoms with E-state index in [-0.39, 0.29) is 10.6 Å². The van der Waals surface area contributed by atoms with Crippen LogP contribution >= 0.6 is 0 Å². The molecule has 100 valence electrons. The molecule has 2 aromatic rings. The van der Waals surface area contributed by atoms with Crippen LogP contribution in [-0.2, 0) is 15.6 Å². The molecule has 0 aliphatic carbocycles. The molecule has 0 saturated heterocycles. The van der Waals surface area contributed by atoms with E-state index < -0.39 is 15.7 Å². The quantitative estimate of drug-likeness (QED) is 0.809. The molecule has 0 radical (unpaired) electrons. The summed E-state index contributed by atoms with van der Waals surface area (Å²) in [6.07, 6.45) is 0. The lowest BCUT2D eigenvalue weighted by molar-refractivity contribution is 0.411. The molecule has 2 aromatic carbocycles. The van der Waals surface area contributed by atoms with Gasteiger partial charge in [0.2, 0.25) is 0 Å². The van der Waals surface area contributed by atoms with Crippen molar-refractivity contribution in [2.24, 2.45) is 0 Å². The summed E-state index contributed by atoms with van der Waals surface area (Å²) in [5.74, 6) is -0.118. The van der Waals surface area contributed by atoms with E-state index >= 15 is 0 Å². The molecule has 0 atom stereocenters. The van der Waals surface area contributed by atoms with Gasteiger partial charge in [-0.05, 0) is 30.3 Å². The number of sulfone groups is 1. The minimum atomic E-state index is -3.51. The summed E-state index contributed by atoms with van der Waals surface area (Å²) >= 11 is 0. The first-order valence-corrected chi connectivity index (χ1v) is 7.28. The summed E-state index contributed by atoms with van der Waals surface area (Å²) in [7, 11) is -2.02. The van der Waals surface area contributed by atoms with Gasteiger partial charge in [-0.1, -0.05) is 18.2 Å². The number of hydrogen-bond acceptors (Lipinski definition) is 3. The van der Waals surface area contributed by atoms with Crippen LogP contribution in [0.5, 0.6) is 5.75 Å². The van der Waals surface area contributed by atoms with Gasteiger partial charge in [0.1, 0.15) is 11.6 Å². The Hall–Kier alpha value is -1.88. The topological polar surface area (TPSA) is 43.4 Å². The maximum atomic E-state index is 12.8. The highest BCUT2D eigenvalue weighted by Crippen LogP contribution is 2.23. The van der Waals surface area contributed by atoms with Gasteiger partial charge in [0.25, 0.3) is 0 Å². The van der Waals surface area contributed by atoms with E-state index in [1.54, 1.807) is 24.3 Å². The average Bonchev–Trinajstić information content (AvgIpc) is 2.39. The molecule has 0 N–H and O–H groups in total. The third kappa shape index (κ3) is 3.12. The minimum absolute atomic E-state index is 0.0970. The van der Waals surface area contributed by atoms with Crippen LogP contribution in [0.15, 0.2) is 53.4 Å². The highest BCUT2D eigenvalue weighted by Gasteiger charge is 2.17. The van der Waals surface area contributed by atoms with Crippen LogP contribution in [0.25, 0.3) is 0 Å². The number of para-hydroxylation sites is 1. The predicted octanol–water partition coefficient (Wildman–Crippen LogP) is 2.81. The van der Waals surface area contributed by atoms with Gasteiger partial charge < -0.3 is 4.74 Å². The summed E-state index contributed by atoms with van der Waals surface area (Å²) in [5, 5.41) is 0. The van der Waals surface area contributed by atoms with E-state index in [0.717, 1.165) is 12.1 Å². The number of halogens is 1. The first kappa shape index (κ1) is 13.5. The largest absolute Gasteiger partial charge is 0.496 e. The van der Waals surface area contributed by atoms with Crippen LogP contribution < -0.4 is 4.74 Å². The van der Waals surface area contributed by atoms with Gasteiger partial charge in [-0.25, -0.2) is 12.8 Å². The van der Waals surface area contributed by atoms with Gasteiger partial charge >= 0.3 is 0 Å². The van der Waals surface area contributed by atoms with E-state index in [4.69, 9.17) is 4.74 Å². The lowest BCUT2D eigenvalue weighted by Crippen LogP contribution is -2.06. The van der Waals surface area contributed by atoms with Gasteiger partial charge in [0.05, 0.1) is 17.8 Å². The highest BCUT2D eigenvalue weighted by atomic mass is 32.2. The zero-order chi connectivity index (χ0) is 13.9. The predicted molar refractivity (Wildman–Crippen MR) is 70.3 cm³/mol. The van der Waals surface area contributed by atoms with Crippen LogP contribution in [0, 0.1) is 5.82 Å². The van der Waals surface area contributed by atoms with Crippen molar-refractivity contribution in [2.45, 2.75) is 10.6 Å². The van der Waals surface area contributed by atoms with Crippen molar-refractivity contribution in [3.63, 3.8) is 0 Å². The third-order valence-electron chi connectivity index (χ3n) is 2.71. The fraction of sp³-hybridized carbons (Fsp3) is 0.143. The molecule has 0 spiro atoms.